The van der Waals surface area contributed by atoms with Crippen molar-refractivity contribution in [1.82, 2.24) is 3.71 Å². The van der Waals surface area contributed by atoms with E-state index in [1.165, 1.54) is 0 Å². The molecule has 0 aliphatic rings. The van der Waals surface area contributed by atoms with Crippen molar-refractivity contribution in [2.45, 2.75) is 13.3 Å². The first-order chi connectivity index (χ1) is 3.18. The predicted molar refractivity (Wildman–Crippen MR) is 35.1 cm³/mol. The Kier molecular flexibility index (Phi) is 3.29. The van der Waals surface area contributed by atoms with Crippen LogP contribution in [0.2, 0.25) is 0 Å². The van der Waals surface area contributed by atoms with Crippen LogP contribution >= 0.6 is 25.6 Å². The molecule has 0 bridgehead atoms. The summed E-state index contributed by atoms with van der Waals surface area (Å²) in [5.74, 6) is -0.0910. The molecule has 0 radical (unpaired) electrons. The summed E-state index contributed by atoms with van der Waals surface area (Å²) in [5, 5.41) is 0. The van der Waals surface area contributed by atoms with Crippen LogP contribution in [0.4, 0.5) is 0 Å². The topological polar surface area (TPSA) is 20.3 Å². The van der Waals surface area contributed by atoms with Crippen LogP contribution in [-0.2, 0) is 4.79 Å². The van der Waals surface area contributed by atoms with Gasteiger partial charge in [0.15, 0.2) is 0 Å². The lowest BCUT2D eigenvalue weighted by molar-refractivity contribution is -0.122. The highest BCUT2D eigenvalue weighted by Gasteiger charge is 1.98. The summed E-state index contributed by atoms with van der Waals surface area (Å²) in [6.07, 6.45) is 0.451. The Balaban J connectivity index is 3.35. The van der Waals surface area contributed by atoms with Gasteiger partial charge in [0.1, 0.15) is 0 Å². The van der Waals surface area contributed by atoms with Gasteiger partial charge in [-0.25, -0.2) is 3.71 Å². The average molecular weight is 137 g/mol. The second-order valence-electron chi connectivity index (χ2n) is 1.04. The van der Waals surface area contributed by atoms with E-state index in [2.05, 4.69) is 25.6 Å². The molecule has 0 aliphatic carbocycles. The molecule has 7 heavy (non-hydrogen) atoms. The molecule has 42 valence electrons. The normalized spacial score (nSPS) is 8.43. The number of nitrogens with zero attached hydrogens (tertiary/aromatic N) is 1. The van der Waals surface area contributed by atoms with Crippen LogP contribution in [-0.4, -0.2) is 9.62 Å². The van der Waals surface area contributed by atoms with Gasteiger partial charge in [0, 0.05) is 6.42 Å². The number of thiol groups is 2. The summed E-state index contributed by atoms with van der Waals surface area (Å²) >= 11 is 7.24. The molecular weight excluding hydrogens is 130 g/mol. The summed E-state index contributed by atoms with van der Waals surface area (Å²) in [4.78, 5) is 10.3. The van der Waals surface area contributed by atoms with Gasteiger partial charge in [-0.3, -0.25) is 4.79 Å². The maximum atomic E-state index is 10.3. The van der Waals surface area contributed by atoms with E-state index in [0.717, 1.165) is 3.71 Å². The molecule has 4 heteroatoms. The Morgan fingerprint density at radius 3 is 2.14 bits per heavy atom. The molecule has 0 rings (SSSR count). The van der Waals surface area contributed by atoms with E-state index in [4.69, 9.17) is 0 Å². The zero-order valence-electron chi connectivity index (χ0n) is 3.96. The zero-order valence-corrected chi connectivity index (χ0v) is 5.75. The number of amides is 1. The molecule has 0 fully saturated rings. The van der Waals surface area contributed by atoms with Crippen LogP contribution in [0.25, 0.3) is 0 Å². The molecule has 0 aromatic rings. The van der Waals surface area contributed by atoms with Crippen LogP contribution in [0, 0.1) is 0 Å². The van der Waals surface area contributed by atoms with Gasteiger partial charge in [-0.15, -0.1) is 0 Å². The van der Waals surface area contributed by atoms with Crippen LogP contribution < -0.4 is 0 Å². The molecule has 2 nitrogen and oxygen atoms in total. The van der Waals surface area contributed by atoms with E-state index in [1.54, 1.807) is 6.92 Å². The van der Waals surface area contributed by atoms with Gasteiger partial charge in [0.2, 0.25) is 5.91 Å². The lowest BCUT2D eigenvalue weighted by Gasteiger charge is -2.01. The van der Waals surface area contributed by atoms with Crippen molar-refractivity contribution < 1.29 is 4.79 Å². The van der Waals surface area contributed by atoms with Gasteiger partial charge in [0.05, 0.1) is 0 Å². The standard InChI is InChI=1S/C3H7NOS2/c1-2-3(5)4(6)7/h6-7H,2H2,1H3. The predicted octanol–water partition coefficient (Wildman–Crippen LogP) is 0.915. The van der Waals surface area contributed by atoms with Gasteiger partial charge >= 0.3 is 0 Å². The lowest BCUT2D eigenvalue weighted by Crippen LogP contribution is -2.08. The van der Waals surface area contributed by atoms with Crippen molar-refractivity contribution in [3.05, 3.63) is 0 Å². The van der Waals surface area contributed by atoms with E-state index in [-0.39, 0.29) is 5.91 Å². The van der Waals surface area contributed by atoms with E-state index in [0.29, 0.717) is 6.42 Å². The van der Waals surface area contributed by atoms with E-state index < -0.39 is 0 Å². The third kappa shape index (κ3) is 2.82. The average Bonchev–Trinajstić information content (AvgIpc) is 1.65. The number of carbonyl (C=O) groups is 1. The van der Waals surface area contributed by atoms with Crippen molar-refractivity contribution in [1.29, 1.82) is 0 Å². The minimum atomic E-state index is -0.0910. The Morgan fingerprint density at radius 2 is 2.14 bits per heavy atom. The highest BCUT2D eigenvalue weighted by Crippen LogP contribution is 1.98. The van der Waals surface area contributed by atoms with E-state index in [9.17, 15) is 4.79 Å². The minimum Gasteiger partial charge on any atom is -0.273 e. The first kappa shape index (κ1) is 7.17. The Bertz CT molecular complexity index is 73.3. The Labute approximate surface area is 54.0 Å². The molecule has 0 saturated heterocycles. The van der Waals surface area contributed by atoms with E-state index >= 15 is 0 Å². The fraction of sp³-hybridized carbons (Fsp3) is 0.667. The second kappa shape index (κ2) is 3.21. The van der Waals surface area contributed by atoms with E-state index in [1.807, 2.05) is 0 Å². The molecule has 0 spiro atoms. The molecule has 0 N–H and O–H groups in total. The monoisotopic (exact) mass is 137 g/mol. The van der Waals surface area contributed by atoms with Gasteiger partial charge in [0.25, 0.3) is 0 Å². The third-order valence-electron chi connectivity index (χ3n) is 0.526. The maximum Gasteiger partial charge on any atom is 0.241 e. The second-order valence-corrected chi connectivity index (χ2v) is 2.15. The molecular formula is C3H7NOS2. The highest BCUT2D eigenvalue weighted by molar-refractivity contribution is 7.94. The fourth-order valence-electron chi connectivity index (χ4n) is 0.141. The molecule has 0 aromatic heterocycles. The number of carbonyl (C=O) groups excluding carboxylic acids is 1. The van der Waals surface area contributed by atoms with Crippen molar-refractivity contribution in [2.75, 3.05) is 0 Å². The molecule has 0 saturated carbocycles. The largest absolute Gasteiger partial charge is 0.273 e. The lowest BCUT2D eigenvalue weighted by atomic mass is 10.5. The molecule has 0 unspecified atom stereocenters. The summed E-state index contributed by atoms with van der Waals surface area (Å²) < 4.78 is 0.972. The zero-order chi connectivity index (χ0) is 5.86. The fourth-order valence-corrected chi connectivity index (χ4v) is 0.424. The quantitative estimate of drug-likeness (QED) is 0.515. The number of hydrogen-bond acceptors (Lipinski definition) is 3. The molecule has 0 atom stereocenters. The number of rotatable bonds is 1. The SMILES string of the molecule is CCC(=O)N(S)S. The molecule has 0 aliphatic heterocycles. The van der Waals surface area contributed by atoms with Crippen LogP contribution in [0.15, 0.2) is 0 Å². The first-order valence-electron chi connectivity index (χ1n) is 1.89. The van der Waals surface area contributed by atoms with Gasteiger partial charge in [-0.1, -0.05) is 32.6 Å². The summed E-state index contributed by atoms with van der Waals surface area (Å²) in [5.41, 5.74) is 0. The minimum absolute atomic E-state index is 0.0910. The van der Waals surface area contributed by atoms with Crippen molar-refractivity contribution in [3.8, 4) is 0 Å². The van der Waals surface area contributed by atoms with Crippen molar-refractivity contribution in [2.24, 2.45) is 0 Å². The molecule has 0 aromatic carbocycles. The van der Waals surface area contributed by atoms with Crippen LogP contribution in [0.1, 0.15) is 13.3 Å². The maximum absolute atomic E-state index is 10.3. The highest BCUT2D eigenvalue weighted by atomic mass is 32.2. The Morgan fingerprint density at radius 1 is 1.71 bits per heavy atom. The van der Waals surface area contributed by atoms with Crippen LogP contribution in [0.5, 0.6) is 0 Å². The summed E-state index contributed by atoms with van der Waals surface area (Å²) in [6.45, 7) is 1.75. The van der Waals surface area contributed by atoms with Crippen molar-refractivity contribution in [3.63, 3.8) is 0 Å². The molecule has 0 heterocycles. The van der Waals surface area contributed by atoms with Gasteiger partial charge in [-0.2, -0.15) is 0 Å². The smallest absolute Gasteiger partial charge is 0.241 e. The third-order valence-corrected chi connectivity index (χ3v) is 0.972. The summed E-state index contributed by atoms with van der Waals surface area (Å²) in [6, 6.07) is 0. The first-order valence-corrected chi connectivity index (χ1v) is 2.69. The van der Waals surface area contributed by atoms with Crippen molar-refractivity contribution >= 4 is 31.5 Å². The number of hydrogen-bond donors (Lipinski definition) is 2. The van der Waals surface area contributed by atoms with Gasteiger partial charge in [-0.05, 0) is 0 Å². The summed E-state index contributed by atoms with van der Waals surface area (Å²) in [7, 11) is 0. The van der Waals surface area contributed by atoms with Crippen LogP contribution in [0.3, 0.4) is 0 Å². The molecule has 1 amide bonds. The van der Waals surface area contributed by atoms with Gasteiger partial charge < -0.3 is 0 Å². The Hall–Kier alpha value is 0.170.